The molecule has 0 unspecified atom stereocenters. The maximum atomic E-state index is 11.9. The van der Waals surface area contributed by atoms with Crippen LogP contribution in [0.15, 0.2) is 18.2 Å². The first kappa shape index (κ1) is 14.3. The molecule has 0 saturated carbocycles. The van der Waals surface area contributed by atoms with Gasteiger partial charge in [0.15, 0.2) is 6.61 Å². The van der Waals surface area contributed by atoms with Crippen molar-refractivity contribution in [2.24, 2.45) is 5.73 Å². The lowest BCUT2D eigenvalue weighted by Gasteiger charge is -2.29. The molecule has 0 aliphatic carbocycles. The van der Waals surface area contributed by atoms with Gasteiger partial charge in [-0.25, -0.2) is 0 Å². The van der Waals surface area contributed by atoms with E-state index in [-0.39, 0.29) is 19.1 Å². The Balaban J connectivity index is 2.20. The van der Waals surface area contributed by atoms with E-state index in [1.165, 1.54) is 4.90 Å². The second-order valence-electron chi connectivity index (χ2n) is 4.50. The predicted molar refractivity (Wildman–Crippen MR) is 73.4 cm³/mol. The zero-order valence-corrected chi connectivity index (χ0v) is 11.4. The predicted octanol–water partition coefficient (Wildman–Crippen LogP) is 0.824. The molecule has 108 valence electrons. The Morgan fingerprint density at radius 1 is 1.50 bits per heavy atom. The third-order valence-electron chi connectivity index (χ3n) is 2.96. The summed E-state index contributed by atoms with van der Waals surface area (Å²) in [4.78, 5) is 25.0. The number of esters is 1. The lowest BCUT2D eigenvalue weighted by molar-refractivity contribution is -0.143. The summed E-state index contributed by atoms with van der Waals surface area (Å²) in [6.45, 7) is 2.44. The van der Waals surface area contributed by atoms with Crippen molar-refractivity contribution in [2.45, 2.75) is 19.9 Å². The van der Waals surface area contributed by atoms with E-state index in [1.54, 1.807) is 12.1 Å². The van der Waals surface area contributed by atoms with Gasteiger partial charge >= 0.3 is 5.97 Å². The summed E-state index contributed by atoms with van der Waals surface area (Å²) in [6, 6.07) is 5.36. The van der Waals surface area contributed by atoms with Crippen LogP contribution in [-0.2, 0) is 20.9 Å². The van der Waals surface area contributed by atoms with Crippen LogP contribution in [0.25, 0.3) is 0 Å². The number of fused-ring (bicyclic) bond motifs is 1. The van der Waals surface area contributed by atoms with Crippen LogP contribution < -0.4 is 15.4 Å². The molecular formula is C14H18N2O4. The van der Waals surface area contributed by atoms with E-state index >= 15 is 0 Å². The second-order valence-corrected chi connectivity index (χ2v) is 4.50. The van der Waals surface area contributed by atoms with Crippen molar-refractivity contribution >= 4 is 17.6 Å². The van der Waals surface area contributed by atoms with Crippen LogP contribution in [0.4, 0.5) is 5.69 Å². The smallest absolute Gasteiger partial charge is 0.326 e. The minimum atomic E-state index is -0.425. The number of nitrogens with two attached hydrogens (primary N) is 1. The molecule has 0 spiro atoms. The lowest BCUT2D eigenvalue weighted by Crippen LogP contribution is -2.42. The summed E-state index contributed by atoms with van der Waals surface area (Å²) < 4.78 is 10.4. The number of anilines is 1. The highest BCUT2D eigenvalue weighted by Gasteiger charge is 2.27. The lowest BCUT2D eigenvalue weighted by atomic mass is 10.1. The maximum Gasteiger partial charge on any atom is 0.326 e. The molecule has 2 N–H and O–H groups in total. The zero-order valence-electron chi connectivity index (χ0n) is 11.4. The Bertz CT molecular complexity index is 516. The van der Waals surface area contributed by atoms with Crippen LogP contribution in [0, 0.1) is 0 Å². The molecule has 1 aromatic rings. The van der Waals surface area contributed by atoms with Crippen LogP contribution in [-0.4, -0.2) is 31.6 Å². The van der Waals surface area contributed by atoms with Gasteiger partial charge in [0.2, 0.25) is 0 Å². The molecule has 0 saturated heterocycles. The number of carbonyl (C=O) groups is 2. The molecule has 1 aromatic carbocycles. The van der Waals surface area contributed by atoms with Gasteiger partial charge in [0, 0.05) is 6.54 Å². The van der Waals surface area contributed by atoms with Gasteiger partial charge in [-0.15, -0.1) is 0 Å². The van der Waals surface area contributed by atoms with E-state index in [0.717, 1.165) is 12.0 Å². The molecule has 1 aliphatic heterocycles. The standard InChI is InChI=1S/C14H18N2O4/c1-2-5-19-14(18)8-16-11-6-10(7-15)3-4-12(11)20-9-13(16)17/h3-4,6H,2,5,7-9,15H2,1H3. The molecule has 20 heavy (non-hydrogen) atoms. The van der Waals surface area contributed by atoms with Crippen LogP contribution >= 0.6 is 0 Å². The topological polar surface area (TPSA) is 81.9 Å². The van der Waals surface area contributed by atoms with Crippen LogP contribution in [0.1, 0.15) is 18.9 Å². The van der Waals surface area contributed by atoms with Gasteiger partial charge in [-0.05, 0) is 24.1 Å². The molecular weight excluding hydrogens is 260 g/mol. The van der Waals surface area contributed by atoms with Gasteiger partial charge in [0.25, 0.3) is 5.91 Å². The molecule has 0 aromatic heterocycles. The SMILES string of the molecule is CCCOC(=O)CN1C(=O)COc2ccc(CN)cc21. The normalized spacial score (nSPS) is 13.7. The van der Waals surface area contributed by atoms with Crippen molar-refractivity contribution in [3.63, 3.8) is 0 Å². The van der Waals surface area contributed by atoms with Crippen LogP contribution in [0.5, 0.6) is 5.75 Å². The van der Waals surface area contributed by atoms with Crippen molar-refractivity contribution in [1.82, 2.24) is 0 Å². The zero-order chi connectivity index (χ0) is 14.5. The first-order chi connectivity index (χ1) is 9.65. The summed E-state index contributed by atoms with van der Waals surface area (Å²) in [5, 5.41) is 0. The average molecular weight is 278 g/mol. The highest BCUT2D eigenvalue weighted by Crippen LogP contribution is 2.32. The quantitative estimate of drug-likeness (QED) is 0.806. The van der Waals surface area contributed by atoms with Crippen molar-refractivity contribution < 1.29 is 19.1 Å². The molecule has 6 nitrogen and oxygen atoms in total. The number of amides is 1. The number of rotatable bonds is 5. The van der Waals surface area contributed by atoms with E-state index in [0.29, 0.717) is 24.6 Å². The summed E-state index contributed by atoms with van der Waals surface area (Å²) >= 11 is 0. The van der Waals surface area contributed by atoms with Crippen LogP contribution in [0.3, 0.4) is 0 Å². The Kier molecular flexibility index (Phi) is 4.57. The summed E-state index contributed by atoms with van der Waals surface area (Å²) in [7, 11) is 0. The fourth-order valence-corrected chi connectivity index (χ4v) is 1.94. The van der Waals surface area contributed by atoms with Gasteiger partial charge in [0.05, 0.1) is 12.3 Å². The van der Waals surface area contributed by atoms with Crippen molar-refractivity contribution in [2.75, 3.05) is 24.7 Å². The molecule has 1 heterocycles. The number of carbonyl (C=O) groups excluding carboxylic acids is 2. The molecule has 1 aliphatic rings. The minimum absolute atomic E-state index is 0.0734. The largest absolute Gasteiger partial charge is 0.482 e. The highest BCUT2D eigenvalue weighted by atomic mass is 16.5. The first-order valence-electron chi connectivity index (χ1n) is 6.57. The van der Waals surface area contributed by atoms with Gasteiger partial charge in [-0.1, -0.05) is 13.0 Å². The van der Waals surface area contributed by atoms with Gasteiger partial charge in [0.1, 0.15) is 12.3 Å². The molecule has 0 bridgehead atoms. The third-order valence-corrected chi connectivity index (χ3v) is 2.96. The second kappa shape index (κ2) is 6.38. The van der Waals surface area contributed by atoms with E-state index in [4.69, 9.17) is 15.2 Å². The number of ether oxygens (including phenoxy) is 2. The molecule has 6 heteroatoms. The number of hydrogen-bond donors (Lipinski definition) is 1. The average Bonchev–Trinajstić information content (AvgIpc) is 2.47. The van der Waals surface area contributed by atoms with Crippen molar-refractivity contribution in [3.05, 3.63) is 23.8 Å². The maximum absolute atomic E-state index is 11.9. The van der Waals surface area contributed by atoms with Gasteiger partial charge in [-0.2, -0.15) is 0 Å². The third kappa shape index (κ3) is 3.08. The molecule has 0 radical (unpaired) electrons. The Morgan fingerprint density at radius 2 is 2.30 bits per heavy atom. The Morgan fingerprint density at radius 3 is 3.00 bits per heavy atom. The Labute approximate surface area is 117 Å². The fourth-order valence-electron chi connectivity index (χ4n) is 1.94. The summed E-state index contributed by atoms with van der Waals surface area (Å²) in [5.41, 5.74) is 7.03. The van der Waals surface area contributed by atoms with E-state index in [2.05, 4.69) is 0 Å². The number of nitrogens with zero attached hydrogens (tertiary/aromatic N) is 1. The minimum Gasteiger partial charge on any atom is -0.482 e. The van der Waals surface area contributed by atoms with Crippen molar-refractivity contribution in [1.29, 1.82) is 0 Å². The molecule has 0 fully saturated rings. The summed E-state index contributed by atoms with van der Waals surface area (Å²) in [5.74, 6) is -0.114. The number of benzene rings is 1. The highest BCUT2D eigenvalue weighted by molar-refractivity contribution is 6.01. The van der Waals surface area contributed by atoms with E-state index < -0.39 is 5.97 Å². The molecule has 0 atom stereocenters. The summed E-state index contributed by atoms with van der Waals surface area (Å²) in [6.07, 6.45) is 0.747. The van der Waals surface area contributed by atoms with Gasteiger partial charge in [-0.3, -0.25) is 14.5 Å². The molecule has 1 amide bonds. The first-order valence-corrected chi connectivity index (χ1v) is 6.57. The van der Waals surface area contributed by atoms with E-state index in [9.17, 15) is 9.59 Å². The fraction of sp³-hybridized carbons (Fsp3) is 0.429. The van der Waals surface area contributed by atoms with Crippen molar-refractivity contribution in [3.8, 4) is 5.75 Å². The van der Waals surface area contributed by atoms with Gasteiger partial charge < -0.3 is 15.2 Å². The number of hydrogen-bond acceptors (Lipinski definition) is 5. The monoisotopic (exact) mass is 278 g/mol. The van der Waals surface area contributed by atoms with E-state index in [1.807, 2.05) is 13.0 Å². The molecule has 2 rings (SSSR count). The van der Waals surface area contributed by atoms with Crippen LogP contribution in [0.2, 0.25) is 0 Å². The Hall–Kier alpha value is -2.08.